The predicted octanol–water partition coefficient (Wildman–Crippen LogP) is 4.85. The Hall–Kier alpha value is -3.22. The van der Waals surface area contributed by atoms with Gasteiger partial charge in [-0.2, -0.15) is 5.10 Å². The van der Waals surface area contributed by atoms with Gasteiger partial charge in [0, 0.05) is 43.7 Å². The van der Waals surface area contributed by atoms with Crippen LogP contribution in [0.2, 0.25) is 0 Å². The zero-order valence-electron chi connectivity index (χ0n) is 21.0. The highest BCUT2D eigenvalue weighted by Crippen LogP contribution is 2.29. The molecule has 2 amide bonds. The summed E-state index contributed by atoms with van der Waals surface area (Å²) in [7, 11) is 0. The van der Waals surface area contributed by atoms with Crippen LogP contribution >= 0.6 is 0 Å². The monoisotopic (exact) mass is 473 g/mol. The van der Waals surface area contributed by atoms with Gasteiger partial charge in [-0.25, -0.2) is 9.67 Å². The summed E-state index contributed by atoms with van der Waals surface area (Å²) >= 11 is 0. The molecule has 7 heteroatoms. The molecule has 5 rings (SSSR count). The van der Waals surface area contributed by atoms with Gasteiger partial charge in [-0.05, 0) is 58.9 Å². The molecule has 0 atom stereocenters. The van der Waals surface area contributed by atoms with Crippen LogP contribution in [-0.2, 0) is 4.79 Å². The number of benzene rings is 1. The van der Waals surface area contributed by atoms with Gasteiger partial charge in [0.1, 0.15) is 0 Å². The molecule has 35 heavy (non-hydrogen) atoms. The van der Waals surface area contributed by atoms with Crippen LogP contribution in [0.25, 0.3) is 22.3 Å². The Labute approximate surface area is 207 Å². The molecule has 0 unspecified atom stereocenters. The Balaban J connectivity index is 1.41. The maximum Gasteiger partial charge on any atom is 0.254 e. The van der Waals surface area contributed by atoms with Crippen molar-refractivity contribution in [2.24, 2.45) is 5.92 Å². The van der Waals surface area contributed by atoms with Crippen molar-refractivity contribution in [2.45, 2.75) is 58.9 Å². The van der Waals surface area contributed by atoms with E-state index in [2.05, 4.69) is 38.0 Å². The van der Waals surface area contributed by atoms with Crippen molar-refractivity contribution in [3.8, 4) is 11.3 Å². The summed E-state index contributed by atoms with van der Waals surface area (Å²) < 4.78 is 1.88. The topological polar surface area (TPSA) is 71.3 Å². The number of hydrogen-bond donors (Lipinski definition) is 0. The van der Waals surface area contributed by atoms with E-state index in [1.165, 1.54) is 12.0 Å². The summed E-state index contributed by atoms with van der Waals surface area (Å²) in [6.45, 7) is 9.17. The van der Waals surface area contributed by atoms with Gasteiger partial charge in [-0.3, -0.25) is 9.59 Å². The Morgan fingerprint density at radius 3 is 2.29 bits per heavy atom. The summed E-state index contributed by atoms with van der Waals surface area (Å²) in [6, 6.07) is 10.3. The number of piperidine rings is 2. The molecule has 1 aromatic carbocycles. The lowest BCUT2D eigenvalue weighted by Gasteiger charge is -2.35. The van der Waals surface area contributed by atoms with E-state index in [1.807, 2.05) is 32.7 Å². The SMILES string of the molecule is Cc1ccc(-c2cc(C(=O)N3CCC(C(=O)N4CCCCC4)CC3)c3cnn(C(C)C)c3n2)cc1. The number of nitrogens with zero attached hydrogens (tertiary/aromatic N) is 5. The molecule has 0 bridgehead atoms. The fourth-order valence-corrected chi connectivity index (χ4v) is 5.32. The summed E-state index contributed by atoms with van der Waals surface area (Å²) in [4.78, 5) is 35.6. The fourth-order valence-electron chi connectivity index (χ4n) is 5.32. The van der Waals surface area contributed by atoms with Gasteiger partial charge in [0.15, 0.2) is 5.65 Å². The molecule has 2 aromatic heterocycles. The van der Waals surface area contributed by atoms with Crippen LogP contribution < -0.4 is 0 Å². The number of aromatic nitrogens is 3. The van der Waals surface area contributed by atoms with Crippen LogP contribution in [-0.4, -0.2) is 62.6 Å². The molecule has 3 aromatic rings. The average molecular weight is 474 g/mol. The maximum atomic E-state index is 13.8. The first-order chi connectivity index (χ1) is 16.9. The normalized spacial score (nSPS) is 17.4. The summed E-state index contributed by atoms with van der Waals surface area (Å²) in [5.74, 6) is 0.308. The molecule has 4 heterocycles. The Bertz CT molecular complexity index is 1220. The lowest BCUT2D eigenvalue weighted by molar-refractivity contribution is -0.137. The zero-order chi connectivity index (χ0) is 24.5. The molecule has 0 radical (unpaired) electrons. The molecule has 0 saturated carbocycles. The minimum atomic E-state index is -0.00191. The van der Waals surface area contributed by atoms with E-state index in [1.54, 1.807) is 6.20 Å². The molecular formula is C28H35N5O2. The molecule has 0 spiro atoms. The van der Waals surface area contributed by atoms with Gasteiger partial charge in [-0.15, -0.1) is 0 Å². The van der Waals surface area contributed by atoms with E-state index in [0.717, 1.165) is 61.1 Å². The lowest BCUT2D eigenvalue weighted by Crippen LogP contribution is -2.45. The fraction of sp³-hybridized carbons (Fsp3) is 0.500. The number of likely N-dealkylation sites (tertiary alicyclic amines) is 2. The molecule has 7 nitrogen and oxygen atoms in total. The molecule has 2 fully saturated rings. The minimum absolute atomic E-state index is 0.00191. The number of hydrogen-bond acceptors (Lipinski definition) is 4. The summed E-state index contributed by atoms with van der Waals surface area (Å²) in [6.07, 6.45) is 6.65. The van der Waals surface area contributed by atoms with Crippen LogP contribution in [0.5, 0.6) is 0 Å². The predicted molar refractivity (Wildman–Crippen MR) is 137 cm³/mol. The highest BCUT2D eigenvalue weighted by molar-refractivity contribution is 6.06. The van der Waals surface area contributed by atoms with Crippen LogP contribution in [0.1, 0.15) is 67.9 Å². The van der Waals surface area contributed by atoms with Crippen molar-refractivity contribution in [3.63, 3.8) is 0 Å². The molecule has 184 valence electrons. The van der Waals surface area contributed by atoms with Crippen LogP contribution in [0.4, 0.5) is 0 Å². The van der Waals surface area contributed by atoms with E-state index in [-0.39, 0.29) is 23.8 Å². The summed E-state index contributed by atoms with van der Waals surface area (Å²) in [5, 5.41) is 5.34. The number of fused-ring (bicyclic) bond motifs is 1. The molecule has 2 aliphatic rings. The van der Waals surface area contributed by atoms with Crippen molar-refractivity contribution >= 4 is 22.8 Å². The van der Waals surface area contributed by atoms with E-state index >= 15 is 0 Å². The van der Waals surface area contributed by atoms with E-state index in [9.17, 15) is 9.59 Å². The van der Waals surface area contributed by atoms with Crippen molar-refractivity contribution in [3.05, 3.63) is 47.7 Å². The van der Waals surface area contributed by atoms with Gasteiger partial charge in [-0.1, -0.05) is 29.8 Å². The summed E-state index contributed by atoms with van der Waals surface area (Å²) in [5.41, 5.74) is 4.31. The quantitative estimate of drug-likeness (QED) is 0.543. The van der Waals surface area contributed by atoms with Crippen molar-refractivity contribution < 1.29 is 9.59 Å². The van der Waals surface area contributed by atoms with Gasteiger partial charge in [0.2, 0.25) is 5.91 Å². The first-order valence-electron chi connectivity index (χ1n) is 13.0. The molecule has 2 aliphatic heterocycles. The van der Waals surface area contributed by atoms with Gasteiger partial charge < -0.3 is 9.80 Å². The highest BCUT2D eigenvalue weighted by Gasteiger charge is 2.32. The van der Waals surface area contributed by atoms with Gasteiger partial charge in [0.05, 0.1) is 22.8 Å². The first kappa shape index (κ1) is 23.5. The third kappa shape index (κ3) is 4.68. The Morgan fingerprint density at radius 2 is 1.63 bits per heavy atom. The number of aryl methyl sites for hydroxylation is 1. The van der Waals surface area contributed by atoms with Gasteiger partial charge >= 0.3 is 0 Å². The standard InChI is InChI=1S/C28H35N5O2/c1-19(2)33-26-24(18-29-33)23(17-25(30-26)21-9-7-20(3)8-10-21)28(35)32-15-11-22(12-16-32)27(34)31-13-5-4-6-14-31/h7-10,17-19,22H,4-6,11-16H2,1-3H3. The van der Waals surface area contributed by atoms with Crippen LogP contribution in [0.15, 0.2) is 36.5 Å². The van der Waals surface area contributed by atoms with Crippen LogP contribution in [0.3, 0.4) is 0 Å². The van der Waals surface area contributed by atoms with E-state index in [0.29, 0.717) is 18.7 Å². The van der Waals surface area contributed by atoms with Crippen molar-refractivity contribution in [1.82, 2.24) is 24.6 Å². The second kappa shape index (κ2) is 9.80. The molecule has 2 saturated heterocycles. The van der Waals surface area contributed by atoms with Crippen LogP contribution in [0, 0.1) is 12.8 Å². The minimum Gasteiger partial charge on any atom is -0.342 e. The van der Waals surface area contributed by atoms with E-state index < -0.39 is 0 Å². The number of rotatable bonds is 4. The number of amides is 2. The second-order valence-corrected chi connectivity index (χ2v) is 10.3. The Morgan fingerprint density at radius 1 is 0.943 bits per heavy atom. The average Bonchev–Trinajstić information content (AvgIpc) is 3.33. The molecule has 0 aliphatic carbocycles. The smallest absolute Gasteiger partial charge is 0.254 e. The van der Waals surface area contributed by atoms with Gasteiger partial charge in [0.25, 0.3) is 5.91 Å². The number of pyridine rings is 1. The molecular weight excluding hydrogens is 438 g/mol. The third-order valence-corrected chi connectivity index (χ3v) is 7.43. The number of carbonyl (C=O) groups is 2. The Kier molecular flexibility index (Phi) is 6.58. The van der Waals surface area contributed by atoms with E-state index in [4.69, 9.17) is 4.98 Å². The maximum absolute atomic E-state index is 13.8. The first-order valence-corrected chi connectivity index (χ1v) is 13.0. The lowest BCUT2D eigenvalue weighted by atomic mass is 9.93. The largest absolute Gasteiger partial charge is 0.342 e. The van der Waals surface area contributed by atoms with Crippen molar-refractivity contribution in [1.29, 1.82) is 0 Å². The highest BCUT2D eigenvalue weighted by atomic mass is 16.2. The molecule has 0 N–H and O–H groups in total. The number of carbonyl (C=O) groups excluding carboxylic acids is 2. The third-order valence-electron chi connectivity index (χ3n) is 7.43. The van der Waals surface area contributed by atoms with Crippen molar-refractivity contribution in [2.75, 3.05) is 26.2 Å². The zero-order valence-corrected chi connectivity index (χ0v) is 21.0. The second-order valence-electron chi connectivity index (χ2n) is 10.3.